The first kappa shape index (κ1) is 37.5. The van der Waals surface area contributed by atoms with Crippen LogP contribution in [0.5, 0.6) is 0 Å². The van der Waals surface area contributed by atoms with E-state index in [1.165, 1.54) is 97.1 Å². The fraction of sp³-hybridized carbons (Fsp3) is 0.128. The number of terminal acetylenes is 1. The summed E-state index contributed by atoms with van der Waals surface area (Å²) in [5.41, 5.74) is 1.49. The number of carboxylic acid groups (broad SMARTS) is 2. The number of ether oxygens (including phenoxy) is 2. The Balaban J connectivity index is 1.72. The lowest BCUT2D eigenvalue weighted by molar-refractivity contribution is -0.107. The van der Waals surface area contributed by atoms with Crippen LogP contribution in [0.2, 0.25) is 5.02 Å². The van der Waals surface area contributed by atoms with E-state index in [1.807, 2.05) is 0 Å². The molecule has 1 saturated heterocycles. The number of carbonyl (C=O) groups is 4. The first-order valence-electron chi connectivity index (χ1n) is 16.1. The molecule has 2 N–H and O–H groups in total. The van der Waals surface area contributed by atoms with Gasteiger partial charge in [-0.05, 0) is 59.1 Å². The quantitative estimate of drug-likeness (QED) is 0.0599. The number of nitrogens with zero attached hydrogens (tertiary/aromatic N) is 5. The van der Waals surface area contributed by atoms with Gasteiger partial charge in [0.25, 0.3) is 11.5 Å². The number of halogens is 1. The molecule has 0 radical (unpaired) electrons. The second-order valence-electron chi connectivity index (χ2n) is 12.1. The van der Waals surface area contributed by atoms with Gasteiger partial charge in [-0.25, -0.2) is 19.2 Å². The average Bonchev–Trinajstić information content (AvgIpc) is 3.47. The van der Waals surface area contributed by atoms with E-state index in [4.69, 9.17) is 27.5 Å². The average molecular weight is 760 g/mol. The smallest absolute Gasteiger partial charge is 0.340 e. The number of hydrogen-bond acceptors (Lipinski definition) is 9. The molecule has 4 aromatic carbocycles. The minimum Gasteiger partial charge on any atom is -0.478 e. The predicted molar refractivity (Wildman–Crippen MR) is 195 cm³/mol. The van der Waals surface area contributed by atoms with Gasteiger partial charge in [-0.15, -0.1) is 6.42 Å². The largest absolute Gasteiger partial charge is 0.478 e. The van der Waals surface area contributed by atoms with Gasteiger partial charge in [-0.2, -0.15) is 4.57 Å². The van der Waals surface area contributed by atoms with E-state index in [0.29, 0.717) is 4.57 Å². The van der Waals surface area contributed by atoms with Crippen molar-refractivity contribution in [3.63, 3.8) is 0 Å². The third kappa shape index (κ3) is 6.53. The molecule has 0 unspecified atom stereocenters. The molecule has 1 fully saturated rings. The topological polar surface area (TPSA) is 220 Å². The van der Waals surface area contributed by atoms with Crippen molar-refractivity contribution in [1.29, 1.82) is 0 Å². The summed E-state index contributed by atoms with van der Waals surface area (Å²) in [5, 5.41) is 25.0. The Kier molecular flexibility index (Phi) is 10.2. The SMILES string of the molecule is C#C[C@]1(c2ccccc2C(=O)O)[C@H](n2ccc(=O)n(C(=O)c3ccccc3)c2=O)O[C@](COC(=O)c2cccc(Cl)c2)(N=[N+]=[N-])[C@H]1c1ccccc1C(=O)O. The van der Waals surface area contributed by atoms with Crippen molar-refractivity contribution in [2.75, 3.05) is 6.61 Å². The molecule has 1 aromatic heterocycles. The van der Waals surface area contributed by atoms with Crippen LogP contribution in [0.15, 0.2) is 130 Å². The summed E-state index contributed by atoms with van der Waals surface area (Å²) >= 11 is 6.09. The molecule has 5 aromatic rings. The highest BCUT2D eigenvalue weighted by Gasteiger charge is 2.67. The number of benzene rings is 4. The Bertz CT molecular complexity index is 2590. The van der Waals surface area contributed by atoms with Crippen LogP contribution in [-0.2, 0) is 14.9 Å². The van der Waals surface area contributed by atoms with Crippen molar-refractivity contribution in [2.45, 2.75) is 23.3 Å². The third-order valence-corrected chi connectivity index (χ3v) is 9.36. The zero-order valence-electron chi connectivity index (χ0n) is 28.2. The standard InChI is InChI=1S/C39H26ClN5O10/c1-2-38(29-18-9-8-17-28(29)34(50)51)31(26-15-6-7-16-27(26)33(48)49)39(42-43-41,22-54-35(52)24-13-10-14-25(40)21-24)55-36(38)44-20-19-30(46)45(37(44)53)32(47)23-11-4-3-5-12-23/h1,3-21,31,36H,22H2,(H,48,49)(H,50,51)/t31-,36+,38+,39-/m0/s1. The van der Waals surface area contributed by atoms with E-state index in [2.05, 4.69) is 15.9 Å². The van der Waals surface area contributed by atoms with Crippen LogP contribution in [0.3, 0.4) is 0 Å². The number of aromatic carboxylic acids is 2. The number of carbonyl (C=O) groups excluding carboxylic acids is 2. The van der Waals surface area contributed by atoms with Crippen LogP contribution in [-0.4, -0.2) is 55.5 Å². The van der Waals surface area contributed by atoms with Crippen molar-refractivity contribution < 1.29 is 38.9 Å². The molecule has 4 atom stereocenters. The molecule has 1 aliphatic heterocycles. The molecule has 0 saturated carbocycles. The molecule has 0 spiro atoms. The van der Waals surface area contributed by atoms with Crippen molar-refractivity contribution in [2.24, 2.45) is 5.11 Å². The zero-order valence-corrected chi connectivity index (χ0v) is 28.9. The Morgan fingerprint density at radius 2 is 1.53 bits per heavy atom. The van der Waals surface area contributed by atoms with Crippen molar-refractivity contribution in [3.05, 3.63) is 185 Å². The first-order valence-corrected chi connectivity index (χ1v) is 16.5. The summed E-state index contributed by atoms with van der Waals surface area (Å²) in [5.74, 6) is -4.23. The first-order chi connectivity index (χ1) is 26.4. The van der Waals surface area contributed by atoms with Gasteiger partial charge >= 0.3 is 23.6 Å². The molecule has 2 heterocycles. The normalized spacial score (nSPS) is 20.1. The lowest BCUT2D eigenvalue weighted by atomic mass is 9.63. The van der Waals surface area contributed by atoms with Crippen LogP contribution >= 0.6 is 11.6 Å². The Morgan fingerprint density at radius 1 is 0.891 bits per heavy atom. The molecular weight excluding hydrogens is 734 g/mol. The fourth-order valence-corrected chi connectivity index (χ4v) is 7.04. The monoisotopic (exact) mass is 759 g/mol. The van der Waals surface area contributed by atoms with Gasteiger partial charge in [-0.1, -0.05) is 83.3 Å². The van der Waals surface area contributed by atoms with Crippen molar-refractivity contribution in [1.82, 2.24) is 9.13 Å². The van der Waals surface area contributed by atoms with Crippen LogP contribution in [0, 0.1) is 12.3 Å². The minimum absolute atomic E-state index is 0.0391. The molecule has 0 amide bonds. The van der Waals surface area contributed by atoms with Crippen LogP contribution < -0.4 is 11.2 Å². The van der Waals surface area contributed by atoms with E-state index in [0.717, 1.165) is 16.8 Å². The van der Waals surface area contributed by atoms with E-state index >= 15 is 0 Å². The number of aromatic nitrogens is 2. The van der Waals surface area contributed by atoms with Gasteiger partial charge < -0.3 is 19.7 Å². The zero-order chi connectivity index (χ0) is 39.5. The van der Waals surface area contributed by atoms with Gasteiger partial charge in [0, 0.05) is 33.7 Å². The highest BCUT2D eigenvalue weighted by Crippen LogP contribution is 2.61. The second kappa shape index (κ2) is 15.0. The maximum atomic E-state index is 14.5. The molecule has 55 heavy (non-hydrogen) atoms. The Morgan fingerprint density at radius 3 is 2.18 bits per heavy atom. The Hall–Kier alpha value is -7.24. The van der Waals surface area contributed by atoms with E-state index < -0.39 is 76.1 Å². The lowest BCUT2D eigenvalue weighted by Gasteiger charge is -2.38. The number of rotatable bonds is 10. The maximum Gasteiger partial charge on any atom is 0.340 e. The highest BCUT2D eigenvalue weighted by atomic mass is 35.5. The molecule has 6 rings (SSSR count). The van der Waals surface area contributed by atoms with Crippen molar-refractivity contribution in [3.8, 4) is 12.3 Å². The van der Waals surface area contributed by atoms with E-state index in [9.17, 15) is 44.5 Å². The third-order valence-electron chi connectivity index (χ3n) is 9.13. The minimum atomic E-state index is -2.57. The lowest BCUT2D eigenvalue weighted by Crippen LogP contribution is -2.48. The molecule has 1 aliphatic rings. The summed E-state index contributed by atoms with van der Waals surface area (Å²) in [7, 11) is 0. The van der Waals surface area contributed by atoms with Gasteiger partial charge in [0.2, 0.25) is 0 Å². The number of carboxylic acids is 2. The second-order valence-corrected chi connectivity index (χ2v) is 12.6. The fourth-order valence-electron chi connectivity index (χ4n) is 6.85. The van der Waals surface area contributed by atoms with Crippen LogP contribution in [0.1, 0.15) is 64.7 Å². The molecule has 0 aliphatic carbocycles. The highest BCUT2D eigenvalue weighted by molar-refractivity contribution is 6.30. The Labute approximate surface area is 315 Å². The maximum absolute atomic E-state index is 14.5. The van der Waals surface area contributed by atoms with E-state index in [-0.39, 0.29) is 27.3 Å². The molecule has 15 nitrogen and oxygen atoms in total. The van der Waals surface area contributed by atoms with Crippen LogP contribution in [0.25, 0.3) is 10.4 Å². The summed E-state index contributed by atoms with van der Waals surface area (Å²) in [6, 6.07) is 24.5. The molecule has 274 valence electrons. The summed E-state index contributed by atoms with van der Waals surface area (Å²) < 4.78 is 13.2. The van der Waals surface area contributed by atoms with E-state index in [1.54, 1.807) is 6.07 Å². The van der Waals surface area contributed by atoms with Crippen LogP contribution in [0.4, 0.5) is 0 Å². The molecule has 0 bridgehead atoms. The molecule has 16 heteroatoms. The number of azide groups is 1. The van der Waals surface area contributed by atoms with Gasteiger partial charge in [0.05, 0.1) is 16.7 Å². The predicted octanol–water partition coefficient (Wildman–Crippen LogP) is 5.50. The van der Waals surface area contributed by atoms with Gasteiger partial charge in [0.15, 0.2) is 12.0 Å². The van der Waals surface area contributed by atoms with Gasteiger partial charge in [-0.3, -0.25) is 14.2 Å². The summed E-state index contributed by atoms with van der Waals surface area (Å²) in [4.78, 5) is 83.4. The number of hydrogen-bond donors (Lipinski definition) is 2. The number of esters is 1. The molecular formula is C39H26ClN5O10. The van der Waals surface area contributed by atoms with Crippen molar-refractivity contribution >= 4 is 35.4 Å². The summed E-state index contributed by atoms with van der Waals surface area (Å²) in [6.45, 7) is -0.993. The summed E-state index contributed by atoms with van der Waals surface area (Å²) in [6.07, 6.45) is 5.37. The van der Waals surface area contributed by atoms with Gasteiger partial charge in [0.1, 0.15) is 12.0 Å².